The Morgan fingerprint density at radius 3 is 2.93 bits per heavy atom. The van der Waals surface area contributed by atoms with Crippen LogP contribution in [0.2, 0.25) is 0 Å². The Bertz CT molecular complexity index is 979. The van der Waals surface area contributed by atoms with Gasteiger partial charge in [0.1, 0.15) is 18.0 Å². The first kappa shape index (κ1) is 17.3. The van der Waals surface area contributed by atoms with Gasteiger partial charge in [0, 0.05) is 30.2 Å². The van der Waals surface area contributed by atoms with Crippen LogP contribution in [0.1, 0.15) is 25.0 Å². The van der Waals surface area contributed by atoms with E-state index in [0.29, 0.717) is 24.2 Å². The lowest BCUT2D eigenvalue weighted by Gasteiger charge is -2.27. The molecule has 2 aromatic heterocycles. The molecule has 0 spiro atoms. The summed E-state index contributed by atoms with van der Waals surface area (Å²) in [4.78, 5) is 17.3. The van der Waals surface area contributed by atoms with E-state index in [2.05, 4.69) is 10.3 Å². The van der Waals surface area contributed by atoms with Crippen LogP contribution in [0.4, 0.5) is 5.69 Å². The summed E-state index contributed by atoms with van der Waals surface area (Å²) in [7, 11) is 0. The second-order valence-corrected chi connectivity index (χ2v) is 7.94. The predicted octanol–water partition coefficient (Wildman–Crippen LogP) is 3.23. The van der Waals surface area contributed by atoms with Crippen molar-refractivity contribution in [2.45, 2.75) is 31.9 Å². The molecular formula is C22H24N4O2. The molecule has 0 aliphatic heterocycles. The van der Waals surface area contributed by atoms with E-state index < -0.39 is 0 Å². The monoisotopic (exact) mass is 376 g/mol. The summed E-state index contributed by atoms with van der Waals surface area (Å²) >= 11 is 0. The molecule has 2 heterocycles. The minimum atomic E-state index is -0.0682. The number of nitrogens with zero attached hydrogens (tertiary/aromatic N) is 2. The highest BCUT2D eigenvalue weighted by molar-refractivity contribution is 5.93. The number of amides is 1. The number of pyridine rings is 1. The maximum Gasteiger partial charge on any atom is 0.229 e. The van der Waals surface area contributed by atoms with Gasteiger partial charge in [-0.1, -0.05) is 12.1 Å². The first-order valence-electron chi connectivity index (χ1n) is 9.89. The SMILES string of the molecule is NC1C2CCC(C2)C1C(=O)Nc1cccc(OCc2cn3ccccc3n2)c1. The van der Waals surface area contributed by atoms with Gasteiger partial charge < -0.3 is 20.2 Å². The van der Waals surface area contributed by atoms with Crippen LogP contribution in [0.5, 0.6) is 5.75 Å². The molecule has 1 amide bonds. The van der Waals surface area contributed by atoms with E-state index in [1.165, 1.54) is 6.42 Å². The minimum absolute atomic E-state index is 0.00627. The first-order valence-corrected chi connectivity index (χ1v) is 9.89. The third-order valence-corrected chi connectivity index (χ3v) is 6.19. The lowest BCUT2D eigenvalue weighted by Crippen LogP contribution is -2.42. The van der Waals surface area contributed by atoms with Gasteiger partial charge in [0.05, 0.1) is 11.6 Å². The number of nitrogens with two attached hydrogens (primary N) is 1. The van der Waals surface area contributed by atoms with E-state index in [1.807, 2.05) is 59.3 Å². The molecule has 2 bridgehead atoms. The summed E-state index contributed by atoms with van der Waals surface area (Å²) in [6.07, 6.45) is 7.31. The molecule has 28 heavy (non-hydrogen) atoms. The number of ether oxygens (including phenoxy) is 1. The maximum atomic E-state index is 12.8. The van der Waals surface area contributed by atoms with E-state index in [0.717, 1.165) is 29.9 Å². The highest BCUT2D eigenvalue weighted by Crippen LogP contribution is 2.47. The molecule has 0 saturated heterocycles. The zero-order valence-electron chi connectivity index (χ0n) is 15.6. The summed E-state index contributed by atoms with van der Waals surface area (Å²) in [5.74, 6) is 1.63. The van der Waals surface area contributed by atoms with Crippen LogP contribution in [0.25, 0.3) is 5.65 Å². The van der Waals surface area contributed by atoms with Crippen molar-refractivity contribution in [2.75, 3.05) is 5.32 Å². The highest BCUT2D eigenvalue weighted by Gasteiger charge is 2.49. The summed E-state index contributed by atoms with van der Waals surface area (Å²) in [6.45, 7) is 0.371. The molecule has 2 saturated carbocycles. The molecule has 1 aromatic carbocycles. The number of benzene rings is 1. The van der Waals surface area contributed by atoms with Gasteiger partial charge in [-0.05, 0) is 55.4 Å². The fourth-order valence-corrected chi connectivity index (χ4v) is 4.83. The number of hydrogen-bond donors (Lipinski definition) is 2. The van der Waals surface area contributed by atoms with Crippen LogP contribution >= 0.6 is 0 Å². The Kier molecular flexibility index (Phi) is 4.28. The topological polar surface area (TPSA) is 81.7 Å². The highest BCUT2D eigenvalue weighted by atomic mass is 16.5. The average molecular weight is 376 g/mol. The molecule has 144 valence electrons. The van der Waals surface area contributed by atoms with Gasteiger partial charge in [0.2, 0.25) is 5.91 Å². The predicted molar refractivity (Wildman–Crippen MR) is 107 cm³/mol. The van der Waals surface area contributed by atoms with Gasteiger partial charge >= 0.3 is 0 Å². The number of imidazole rings is 1. The molecule has 4 unspecified atom stereocenters. The minimum Gasteiger partial charge on any atom is -0.487 e. The van der Waals surface area contributed by atoms with Crippen molar-refractivity contribution in [1.29, 1.82) is 0 Å². The molecule has 2 fully saturated rings. The molecule has 4 atom stereocenters. The van der Waals surface area contributed by atoms with Crippen LogP contribution in [0.3, 0.4) is 0 Å². The number of rotatable bonds is 5. The molecular weight excluding hydrogens is 352 g/mol. The second kappa shape index (κ2) is 6.95. The average Bonchev–Trinajstić information content (AvgIpc) is 3.40. The van der Waals surface area contributed by atoms with Gasteiger partial charge in [-0.15, -0.1) is 0 Å². The van der Waals surface area contributed by atoms with Gasteiger partial charge in [0.15, 0.2) is 0 Å². The summed E-state index contributed by atoms with van der Waals surface area (Å²) in [5, 5.41) is 3.04. The molecule has 6 nitrogen and oxygen atoms in total. The zero-order chi connectivity index (χ0) is 19.1. The van der Waals surface area contributed by atoms with Crippen LogP contribution in [-0.4, -0.2) is 21.3 Å². The lowest BCUT2D eigenvalue weighted by atomic mass is 9.84. The Balaban J connectivity index is 1.24. The number of hydrogen-bond acceptors (Lipinski definition) is 4. The van der Waals surface area contributed by atoms with Crippen LogP contribution in [-0.2, 0) is 11.4 Å². The number of anilines is 1. The van der Waals surface area contributed by atoms with Gasteiger partial charge in [-0.2, -0.15) is 0 Å². The van der Waals surface area contributed by atoms with Crippen molar-refractivity contribution in [3.8, 4) is 5.75 Å². The van der Waals surface area contributed by atoms with Gasteiger partial charge in [-0.3, -0.25) is 4.79 Å². The normalized spacial score (nSPS) is 25.9. The number of fused-ring (bicyclic) bond motifs is 3. The third kappa shape index (κ3) is 3.14. The molecule has 5 rings (SSSR count). The summed E-state index contributed by atoms with van der Waals surface area (Å²) in [6, 6.07) is 13.4. The van der Waals surface area contributed by atoms with E-state index in [9.17, 15) is 4.79 Å². The standard InChI is InChI=1S/C22H24N4O2/c23-21-15-8-7-14(10-15)20(21)22(27)25-16-4-3-5-18(11-16)28-13-17-12-26-9-2-1-6-19(26)24-17/h1-6,9,11-12,14-15,20-21H,7-8,10,13,23H2,(H,25,27). The van der Waals surface area contributed by atoms with E-state index in [1.54, 1.807) is 0 Å². The quantitative estimate of drug-likeness (QED) is 0.716. The van der Waals surface area contributed by atoms with Gasteiger partial charge in [0.25, 0.3) is 0 Å². The largest absolute Gasteiger partial charge is 0.487 e. The van der Waals surface area contributed by atoms with Crippen molar-refractivity contribution in [1.82, 2.24) is 9.38 Å². The van der Waals surface area contributed by atoms with Crippen molar-refractivity contribution >= 4 is 17.2 Å². The van der Waals surface area contributed by atoms with Crippen molar-refractivity contribution in [2.24, 2.45) is 23.5 Å². The van der Waals surface area contributed by atoms with Crippen molar-refractivity contribution < 1.29 is 9.53 Å². The molecule has 3 aromatic rings. The Hall–Kier alpha value is -2.86. The molecule has 2 aliphatic carbocycles. The van der Waals surface area contributed by atoms with Crippen molar-refractivity contribution in [3.63, 3.8) is 0 Å². The summed E-state index contributed by atoms with van der Waals surface area (Å²) in [5.41, 5.74) is 8.79. The summed E-state index contributed by atoms with van der Waals surface area (Å²) < 4.78 is 7.85. The number of nitrogens with one attached hydrogen (secondary N) is 1. The van der Waals surface area contributed by atoms with E-state index in [4.69, 9.17) is 10.5 Å². The van der Waals surface area contributed by atoms with E-state index >= 15 is 0 Å². The zero-order valence-corrected chi connectivity index (χ0v) is 15.6. The number of carbonyl (C=O) groups is 1. The molecule has 3 N–H and O–H groups in total. The smallest absolute Gasteiger partial charge is 0.229 e. The Labute approximate surface area is 163 Å². The van der Waals surface area contributed by atoms with Crippen molar-refractivity contribution in [3.05, 3.63) is 60.6 Å². The van der Waals surface area contributed by atoms with Crippen LogP contribution < -0.4 is 15.8 Å². The first-order chi connectivity index (χ1) is 13.7. The second-order valence-electron chi connectivity index (χ2n) is 7.94. The number of carbonyl (C=O) groups excluding carboxylic acids is 1. The fraction of sp³-hybridized carbons (Fsp3) is 0.364. The fourth-order valence-electron chi connectivity index (χ4n) is 4.83. The molecule has 0 radical (unpaired) electrons. The van der Waals surface area contributed by atoms with Crippen LogP contribution in [0, 0.1) is 17.8 Å². The maximum absolute atomic E-state index is 12.8. The van der Waals surface area contributed by atoms with E-state index in [-0.39, 0.29) is 17.9 Å². The Morgan fingerprint density at radius 1 is 1.21 bits per heavy atom. The lowest BCUT2D eigenvalue weighted by molar-refractivity contribution is -0.121. The molecule has 2 aliphatic rings. The Morgan fingerprint density at radius 2 is 2.11 bits per heavy atom. The van der Waals surface area contributed by atoms with Crippen LogP contribution in [0.15, 0.2) is 54.9 Å². The number of aromatic nitrogens is 2. The molecule has 6 heteroatoms. The third-order valence-electron chi connectivity index (χ3n) is 6.19. The van der Waals surface area contributed by atoms with Gasteiger partial charge in [-0.25, -0.2) is 4.98 Å².